The second-order valence-corrected chi connectivity index (χ2v) is 7.17. The van der Waals surface area contributed by atoms with E-state index >= 15 is 0 Å². The zero-order valence-corrected chi connectivity index (χ0v) is 16.2. The van der Waals surface area contributed by atoms with E-state index < -0.39 is 0 Å². The smallest absolute Gasteiger partial charge is 0.251 e. The Balaban J connectivity index is 1.65. The van der Waals surface area contributed by atoms with Gasteiger partial charge in [0.05, 0.1) is 24.5 Å². The van der Waals surface area contributed by atoms with E-state index in [0.29, 0.717) is 17.2 Å². The van der Waals surface area contributed by atoms with Gasteiger partial charge in [-0.15, -0.1) is 0 Å². The highest BCUT2D eigenvalue weighted by Crippen LogP contribution is 2.33. The summed E-state index contributed by atoms with van der Waals surface area (Å²) < 4.78 is 5.54. The van der Waals surface area contributed by atoms with Crippen LogP contribution in [0.15, 0.2) is 53.5 Å². The van der Waals surface area contributed by atoms with Crippen LogP contribution in [-0.4, -0.2) is 33.5 Å². The van der Waals surface area contributed by atoms with Crippen molar-refractivity contribution in [1.82, 2.24) is 19.9 Å². The van der Waals surface area contributed by atoms with E-state index in [0.717, 1.165) is 37.2 Å². The van der Waals surface area contributed by atoms with Crippen molar-refractivity contribution in [1.29, 1.82) is 0 Å². The molecule has 6 heteroatoms. The fraction of sp³-hybridized carbons (Fsp3) is 0.318. The third kappa shape index (κ3) is 3.82. The molecule has 144 valence electrons. The van der Waals surface area contributed by atoms with Crippen LogP contribution in [0.25, 0.3) is 11.4 Å². The minimum Gasteiger partial charge on any atom is -0.496 e. The Labute approximate surface area is 164 Å². The monoisotopic (exact) mass is 376 g/mol. The van der Waals surface area contributed by atoms with Gasteiger partial charge in [-0.1, -0.05) is 23.8 Å². The summed E-state index contributed by atoms with van der Waals surface area (Å²) in [5, 5.41) is 0. The summed E-state index contributed by atoms with van der Waals surface area (Å²) in [7, 11) is 1.70. The van der Waals surface area contributed by atoms with Crippen molar-refractivity contribution >= 4 is 0 Å². The van der Waals surface area contributed by atoms with Gasteiger partial charge in [-0.2, -0.15) is 0 Å². The van der Waals surface area contributed by atoms with E-state index in [4.69, 9.17) is 9.72 Å². The van der Waals surface area contributed by atoms with Crippen molar-refractivity contribution < 1.29 is 4.74 Å². The molecule has 1 saturated heterocycles. The summed E-state index contributed by atoms with van der Waals surface area (Å²) in [6.45, 7) is 3.80. The molecule has 0 aliphatic carbocycles. The predicted molar refractivity (Wildman–Crippen MR) is 108 cm³/mol. The van der Waals surface area contributed by atoms with E-state index in [-0.39, 0.29) is 11.6 Å². The molecule has 3 heterocycles. The number of likely N-dealkylation sites (tertiary alicyclic amines) is 1. The average Bonchev–Trinajstić information content (AvgIpc) is 3.16. The summed E-state index contributed by atoms with van der Waals surface area (Å²) in [6.07, 6.45) is 3.74. The molecule has 1 fully saturated rings. The Morgan fingerprint density at radius 3 is 2.89 bits per heavy atom. The molecule has 0 spiro atoms. The van der Waals surface area contributed by atoms with Gasteiger partial charge < -0.3 is 9.72 Å². The van der Waals surface area contributed by atoms with Gasteiger partial charge in [-0.05, 0) is 44.5 Å². The van der Waals surface area contributed by atoms with Gasteiger partial charge >= 0.3 is 0 Å². The van der Waals surface area contributed by atoms with Crippen LogP contribution in [0.3, 0.4) is 0 Å². The van der Waals surface area contributed by atoms with Crippen molar-refractivity contribution in [3.63, 3.8) is 0 Å². The van der Waals surface area contributed by atoms with Crippen LogP contribution < -0.4 is 10.3 Å². The number of ether oxygens (including phenoxy) is 1. The van der Waals surface area contributed by atoms with Crippen LogP contribution in [0.1, 0.15) is 35.8 Å². The lowest BCUT2D eigenvalue weighted by Crippen LogP contribution is -2.26. The summed E-state index contributed by atoms with van der Waals surface area (Å²) in [5.74, 6) is 1.59. The number of rotatable bonds is 5. The maximum absolute atomic E-state index is 12.3. The molecule has 1 aliphatic heterocycles. The molecule has 0 radical (unpaired) electrons. The highest BCUT2D eigenvalue weighted by molar-refractivity contribution is 5.52. The molecule has 1 atom stereocenters. The van der Waals surface area contributed by atoms with E-state index in [2.05, 4.69) is 33.9 Å². The Hall–Kier alpha value is -2.99. The molecule has 1 N–H and O–H groups in total. The average molecular weight is 376 g/mol. The molecule has 1 unspecified atom stereocenters. The molecule has 0 bridgehead atoms. The first-order valence-electron chi connectivity index (χ1n) is 9.54. The van der Waals surface area contributed by atoms with Gasteiger partial charge in [0.15, 0.2) is 0 Å². The number of benzene rings is 1. The molecule has 1 aliphatic rings. The van der Waals surface area contributed by atoms with Gasteiger partial charge in [-0.25, -0.2) is 4.98 Å². The number of H-pyrrole nitrogens is 1. The van der Waals surface area contributed by atoms with E-state index in [9.17, 15) is 4.79 Å². The Kier molecular flexibility index (Phi) is 5.21. The van der Waals surface area contributed by atoms with Gasteiger partial charge in [0.2, 0.25) is 0 Å². The standard InChI is InChI=1S/C22H24N4O2/c1-15-8-9-20(28-2)16(12-15)14-26-11-5-7-19(26)22-24-18(13-21(27)25-22)17-6-3-4-10-23-17/h3-4,6,8-10,12-13,19H,5,7,11,14H2,1-2H3,(H,24,25,27). The molecule has 28 heavy (non-hydrogen) atoms. The zero-order valence-electron chi connectivity index (χ0n) is 16.2. The fourth-order valence-electron chi connectivity index (χ4n) is 3.85. The normalized spacial score (nSPS) is 17.0. The van der Waals surface area contributed by atoms with Gasteiger partial charge in [-0.3, -0.25) is 14.7 Å². The number of pyridine rings is 1. The summed E-state index contributed by atoms with van der Waals surface area (Å²) in [5.41, 5.74) is 3.53. The van der Waals surface area contributed by atoms with Gasteiger partial charge in [0.1, 0.15) is 11.6 Å². The minimum absolute atomic E-state index is 0.0709. The van der Waals surface area contributed by atoms with Crippen molar-refractivity contribution in [2.75, 3.05) is 13.7 Å². The van der Waals surface area contributed by atoms with Crippen molar-refractivity contribution in [2.24, 2.45) is 0 Å². The molecule has 4 rings (SSSR count). The Morgan fingerprint density at radius 1 is 1.21 bits per heavy atom. The molecule has 1 aromatic carbocycles. The third-order valence-electron chi connectivity index (χ3n) is 5.18. The summed E-state index contributed by atoms with van der Waals surface area (Å²) >= 11 is 0. The highest BCUT2D eigenvalue weighted by Gasteiger charge is 2.29. The largest absolute Gasteiger partial charge is 0.496 e. The molecule has 2 aromatic heterocycles. The number of aryl methyl sites for hydroxylation is 1. The molecule has 0 amide bonds. The first-order valence-corrected chi connectivity index (χ1v) is 9.54. The third-order valence-corrected chi connectivity index (χ3v) is 5.18. The first-order chi connectivity index (χ1) is 13.6. The number of aromatic nitrogens is 3. The van der Waals surface area contributed by atoms with Crippen molar-refractivity contribution in [2.45, 2.75) is 32.4 Å². The number of methoxy groups -OCH3 is 1. The quantitative estimate of drug-likeness (QED) is 0.738. The van der Waals surface area contributed by atoms with Crippen LogP contribution in [0.4, 0.5) is 0 Å². The Bertz CT molecular complexity index is 1020. The second kappa shape index (κ2) is 7.94. The molecular weight excluding hydrogens is 352 g/mol. The zero-order chi connectivity index (χ0) is 19.5. The fourth-order valence-corrected chi connectivity index (χ4v) is 3.85. The van der Waals surface area contributed by atoms with Crippen LogP contribution in [0, 0.1) is 6.92 Å². The molecule has 3 aromatic rings. The van der Waals surface area contributed by atoms with Gasteiger partial charge in [0.25, 0.3) is 5.56 Å². The topological polar surface area (TPSA) is 71.1 Å². The number of aromatic amines is 1. The number of hydrogen-bond acceptors (Lipinski definition) is 5. The second-order valence-electron chi connectivity index (χ2n) is 7.17. The summed E-state index contributed by atoms with van der Waals surface area (Å²) in [6, 6.07) is 13.4. The van der Waals surface area contributed by atoms with Crippen LogP contribution in [0.2, 0.25) is 0 Å². The molecular formula is C22H24N4O2. The van der Waals surface area contributed by atoms with Crippen molar-refractivity contribution in [3.8, 4) is 17.1 Å². The number of nitrogens with zero attached hydrogens (tertiary/aromatic N) is 3. The SMILES string of the molecule is COc1ccc(C)cc1CN1CCCC1c1nc(-c2ccccn2)cc(=O)[nH]1. The van der Waals surface area contributed by atoms with Crippen LogP contribution >= 0.6 is 0 Å². The van der Waals surface area contributed by atoms with E-state index in [1.165, 1.54) is 11.6 Å². The first kappa shape index (κ1) is 18.4. The summed E-state index contributed by atoms with van der Waals surface area (Å²) in [4.78, 5) is 26.7. The van der Waals surface area contributed by atoms with Crippen molar-refractivity contribution in [3.05, 3.63) is 76.0 Å². The van der Waals surface area contributed by atoms with Gasteiger partial charge in [0, 0.05) is 24.4 Å². The highest BCUT2D eigenvalue weighted by atomic mass is 16.5. The van der Waals surface area contributed by atoms with E-state index in [1.54, 1.807) is 13.3 Å². The minimum atomic E-state index is -0.148. The number of nitrogens with one attached hydrogen (secondary N) is 1. The Morgan fingerprint density at radius 2 is 2.11 bits per heavy atom. The number of hydrogen-bond donors (Lipinski definition) is 1. The molecule has 0 saturated carbocycles. The molecule has 6 nitrogen and oxygen atoms in total. The maximum Gasteiger partial charge on any atom is 0.251 e. The lowest BCUT2D eigenvalue weighted by Gasteiger charge is -2.25. The van der Waals surface area contributed by atoms with Crippen LogP contribution in [0.5, 0.6) is 5.75 Å². The predicted octanol–water partition coefficient (Wildman–Crippen LogP) is 3.49. The maximum atomic E-state index is 12.3. The lowest BCUT2D eigenvalue weighted by atomic mass is 10.1. The van der Waals surface area contributed by atoms with Crippen LogP contribution in [-0.2, 0) is 6.54 Å². The van der Waals surface area contributed by atoms with E-state index in [1.807, 2.05) is 24.3 Å². The lowest BCUT2D eigenvalue weighted by molar-refractivity contribution is 0.236.